The van der Waals surface area contributed by atoms with Crippen molar-refractivity contribution in [2.45, 2.75) is 13.5 Å². The van der Waals surface area contributed by atoms with Crippen molar-refractivity contribution in [3.05, 3.63) is 78.4 Å². The number of urea groups is 1. The van der Waals surface area contributed by atoms with E-state index in [0.717, 1.165) is 22.0 Å². The zero-order valence-corrected chi connectivity index (χ0v) is 13.2. The van der Waals surface area contributed by atoms with E-state index in [2.05, 4.69) is 5.32 Å². The third-order valence-electron chi connectivity index (χ3n) is 3.92. The van der Waals surface area contributed by atoms with Gasteiger partial charge >= 0.3 is 6.03 Å². The Morgan fingerprint density at radius 2 is 1.61 bits per heavy atom. The van der Waals surface area contributed by atoms with Crippen LogP contribution in [0.4, 0.5) is 10.5 Å². The van der Waals surface area contributed by atoms with Gasteiger partial charge in [0.1, 0.15) is 0 Å². The van der Waals surface area contributed by atoms with Gasteiger partial charge in [0.25, 0.3) is 0 Å². The van der Waals surface area contributed by atoms with Crippen molar-refractivity contribution in [1.82, 2.24) is 4.90 Å². The van der Waals surface area contributed by atoms with Crippen LogP contribution in [0.2, 0.25) is 0 Å². The minimum Gasteiger partial charge on any atom is -0.320 e. The fourth-order valence-electron chi connectivity index (χ4n) is 2.66. The quantitative estimate of drug-likeness (QED) is 0.731. The Hall–Kier alpha value is -2.81. The molecule has 0 fully saturated rings. The van der Waals surface area contributed by atoms with E-state index < -0.39 is 0 Å². The number of nitrogens with zero attached hydrogens (tertiary/aromatic N) is 1. The van der Waals surface area contributed by atoms with Crippen LogP contribution in [-0.4, -0.2) is 17.5 Å². The number of amides is 2. The first-order valence-corrected chi connectivity index (χ1v) is 7.85. The Kier molecular flexibility index (Phi) is 4.57. The van der Waals surface area contributed by atoms with Gasteiger partial charge < -0.3 is 10.2 Å². The van der Waals surface area contributed by atoms with E-state index in [4.69, 9.17) is 0 Å². The highest BCUT2D eigenvalue weighted by molar-refractivity contribution is 6.01. The number of nitrogens with one attached hydrogen (secondary N) is 1. The molecular weight excluding hydrogens is 284 g/mol. The van der Waals surface area contributed by atoms with E-state index in [1.807, 2.05) is 79.7 Å². The Morgan fingerprint density at radius 3 is 2.39 bits per heavy atom. The summed E-state index contributed by atoms with van der Waals surface area (Å²) in [7, 11) is 0. The molecule has 0 bridgehead atoms. The third kappa shape index (κ3) is 3.51. The van der Waals surface area contributed by atoms with Crippen LogP contribution in [0, 0.1) is 0 Å². The summed E-state index contributed by atoms with van der Waals surface area (Å²) >= 11 is 0. The van der Waals surface area contributed by atoms with Crippen LogP contribution < -0.4 is 5.32 Å². The number of rotatable bonds is 4. The molecule has 0 saturated carbocycles. The van der Waals surface area contributed by atoms with Crippen molar-refractivity contribution in [2.75, 3.05) is 11.9 Å². The average Bonchev–Trinajstić information content (AvgIpc) is 2.61. The van der Waals surface area contributed by atoms with Crippen molar-refractivity contribution in [3.63, 3.8) is 0 Å². The number of fused-ring (bicyclic) bond motifs is 1. The predicted octanol–water partition coefficient (Wildman–Crippen LogP) is 4.89. The molecule has 3 rings (SSSR count). The molecular formula is C20H20N2O. The van der Waals surface area contributed by atoms with Crippen LogP contribution in [0.3, 0.4) is 0 Å². The zero-order valence-electron chi connectivity index (χ0n) is 13.2. The van der Waals surface area contributed by atoms with Crippen LogP contribution in [-0.2, 0) is 6.54 Å². The molecule has 0 aliphatic carbocycles. The van der Waals surface area contributed by atoms with E-state index in [1.54, 1.807) is 4.90 Å². The van der Waals surface area contributed by atoms with Crippen molar-refractivity contribution in [2.24, 2.45) is 0 Å². The minimum atomic E-state index is -0.0762. The Labute approximate surface area is 136 Å². The van der Waals surface area contributed by atoms with Gasteiger partial charge in [0.2, 0.25) is 0 Å². The van der Waals surface area contributed by atoms with Crippen molar-refractivity contribution in [3.8, 4) is 0 Å². The molecule has 23 heavy (non-hydrogen) atoms. The number of anilines is 1. The van der Waals surface area contributed by atoms with Crippen LogP contribution in [0.15, 0.2) is 72.8 Å². The summed E-state index contributed by atoms with van der Waals surface area (Å²) in [6, 6.07) is 24.0. The standard InChI is InChI=1S/C20H20N2O/c1-2-22(15-16-9-4-3-5-10-16)20(23)21-19-14-8-12-17-11-6-7-13-18(17)19/h3-14H,2,15H2,1H3,(H,21,23). The molecule has 0 aliphatic heterocycles. The second-order valence-electron chi connectivity index (χ2n) is 5.46. The summed E-state index contributed by atoms with van der Waals surface area (Å²) in [5.74, 6) is 0. The fraction of sp³-hybridized carbons (Fsp3) is 0.150. The van der Waals surface area contributed by atoms with E-state index in [1.165, 1.54) is 0 Å². The maximum absolute atomic E-state index is 12.6. The van der Waals surface area contributed by atoms with Gasteiger partial charge in [0, 0.05) is 18.5 Å². The molecule has 0 aliphatic rings. The van der Waals surface area contributed by atoms with Crippen molar-refractivity contribution in [1.29, 1.82) is 0 Å². The van der Waals surface area contributed by atoms with Gasteiger partial charge in [-0.1, -0.05) is 66.7 Å². The molecule has 3 heteroatoms. The number of carbonyl (C=O) groups is 1. The molecule has 3 aromatic rings. The van der Waals surface area contributed by atoms with Crippen LogP contribution >= 0.6 is 0 Å². The van der Waals surface area contributed by atoms with Crippen molar-refractivity contribution < 1.29 is 4.79 Å². The molecule has 3 nitrogen and oxygen atoms in total. The summed E-state index contributed by atoms with van der Waals surface area (Å²) < 4.78 is 0. The SMILES string of the molecule is CCN(Cc1ccccc1)C(=O)Nc1cccc2ccccc12. The molecule has 0 atom stereocenters. The molecule has 0 aromatic heterocycles. The second kappa shape index (κ2) is 6.97. The molecule has 0 unspecified atom stereocenters. The Morgan fingerprint density at radius 1 is 0.913 bits per heavy atom. The van der Waals surface area contributed by atoms with Crippen LogP contribution in [0.1, 0.15) is 12.5 Å². The van der Waals surface area contributed by atoms with E-state index in [-0.39, 0.29) is 6.03 Å². The molecule has 0 heterocycles. The maximum Gasteiger partial charge on any atom is 0.322 e. The monoisotopic (exact) mass is 304 g/mol. The summed E-state index contributed by atoms with van der Waals surface area (Å²) in [4.78, 5) is 14.4. The third-order valence-corrected chi connectivity index (χ3v) is 3.92. The highest BCUT2D eigenvalue weighted by Crippen LogP contribution is 2.23. The van der Waals surface area contributed by atoms with Gasteiger partial charge in [0.15, 0.2) is 0 Å². The van der Waals surface area contributed by atoms with Gasteiger partial charge in [-0.2, -0.15) is 0 Å². The van der Waals surface area contributed by atoms with E-state index >= 15 is 0 Å². The van der Waals surface area contributed by atoms with Crippen LogP contribution in [0.5, 0.6) is 0 Å². The van der Waals surface area contributed by atoms with Crippen molar-refractivity contribution >= 4 is 22.5 Å². The minimum absolute atomic E-state index is 0.0762. The zero-order chi connectivity index (χ0) is 16.1. The first-order valence-electron chi connectivity index (χ1n) is 7.85. The molecule has 0 radical (unpaired) electrons. The summed E-state index contributed by atoms with van der Waals surface area (Å²) in [5, 5.41) is 5.22. The van der Waals surface area contributed by atoms with Crippen LogP contribution in [0.25, 0.3) is 10.8 Å². The highest BCUT2D eigenvalue weighted by atomic mass is 16.2. The number of hydrogen-bond acceptors (Lipinski definition) is 1. The number of hydrogen-bond donors (Lipinski definition) is 1. The normalized spacial score (nSPS) is 10.5. The molecule has 3 aromatic carbocycles. The van der Waals surface area contributed by atoms with Gasteiger partial charge in [-0.05, 0) is 23.9 Å². The largest absolute Gasteiger partial charge is 0.322 e. The summed E-state index contributed by atoms with van der Waals surface area (Å²) in [5.41, 5.74) is 1.97. The van der Waals surface area contributed by atoms with E-state index in [9.17, 15) is 4.79 Å². The fourth-order valence-corrected chi connectivity index (χ4v) is 2.66. The number of benzene rings is 3. The lowest BCUT2D eigenvalue weighted by atomic mass is 10.1. The molecule has 1 N–H and O–H groups in total. The summed E-state index contributed by atoms with van der Waals surface area (Å²) in [6.07, 6.45) is 0. The first kappa shape index (κ1) is 15.1. The Balaban J connectivity index is 1.79. The van der Waals surface area contributed by atoms with Gasteiger partial charge in [-0.15, -0.1) is 0 Å². The topological polar surface area (TPSA) is 32.3 Å². The Bertz CT molecular complexity index is 794. The lowest BCUT2D eigenvalue weighted by Gasteiger charge is -2.22. The van der Waals surface area contributed by atoms with E-state index in [0.29, 0.717) is 13.1 Å². The second-order valence-corrected chi connectivity index (χ2v) is 5.46. The maximum atomic E-state index is 12.6. The molecule has 2 amide bonds. The van der Waals surface area contributed by atoms with Gasteiger partial charge in [0.05, 0.1) is 5.69 Å². The average molecular weight is 304 g/mol. The van der Waals surface area contributed by atoms with Gasteiger partial charge in [-0.3, -0.25) is 0 Å². The molecule has 0 saturated heterocycles. The summed E-state index contributed by atoms with van der Waals surface area (Å²) in [6.45, 7) is 3.26. The van der Waals surface area contributed by atoms with Gasteiger partial charge in [-0.25, -0.2) is 4.79 Å². The smallest absolute Gasteiger partial charge is 0.320 e. The molecule has 0 spiro atoms. The predicted molar refractivity (Wildman–Crippen MR) is 95.5 cm³/mol. The first-order chi connectivity index (χ1) is 11.3. The lowest BCUT2D eigenvalue weighted by molar-refractivity contribution is 0.212. The molecule has 116 valence electrons. The number of carbonyl (C=O) groups excluding carboxylic acids is 1. The highest BCUT2D eigenvalue weighted by Gasteiger charge is 2.13. The lowest BCUT2D eigenvalue weighted by Crippen LogP contribution is -2.34.